The maximum atomic E-state index is 12.0. The van der Waals surface area contributed by atoms with Crippen molar-refractivity contribution in [2.45, 2.75) is 46.5 Å². The predicted octanol–water partition coefficient (Wildman–Crippen LogP) is 2.61. The molecule has 1 amide bonds. The Morgan fingerprint density at radius 1 is 1.22 bits per heavy atom. The fourth-order valence-electron chi connectivity index (χ4n) is 2.73. The number of hydrogen-bond donors (Lipinski definition) is 0. The zero-order chi connectivity index (χ0) is 13.8. The molecule has 3 heteroatoms. The van der Waals surface area contributed by atoms with E-state index in [9.17, 15) is 4.79 Å². The lowest BCUT2D eigenvalue weighted by Gasteiger charge is -2.35. The number of rotatable bonds is 4. The highest BCUT2D eigenvalue weighted by molar-refractivity contribution is 5.76. The van der Waals surface area contributed by atoms with Crippen LogP contribution in [0.3, 0.4) is 0 Å². The van der Waals surface area contributed by atoms with Crippen molar-refractivity contribution in [1.82, 2.24) is 9.80 Å². The first-order valence-electron chi connectivity index (χ1n) is 7.20. The van der Waals surface area contributed by atoms with Crippen molar-refractivity contribution >= 4 is 5.91 Å². The minimum Gasteiger partial charge on any atom is -0.343 e. The molecule has 0 spiro atoms. The number of piperidine rings is 1. The van der Waals surface area contributed by atoms with E-state index >= 15 is 0 Å². The predicted molar refractivity (Wildman–Crippen MR) is 76.5 cm³/mol. The summed E-state index contributed by atoms with van der Waals surface area (Å²) in [6.07, 6.45) is 4.32. The van der Waals surface area contributed by atoms with E-state index in [0.29, 0.717) is 17.7 Å². The Hall–Kier alpha value is -0.570. The molecule has 1 saturated heterocycles. The number of carbonyl (C=O) groups is 1. The van der Waals surface area contributed by atoms with Crippen LogP contribution in [0.5, 0.6) is 0 Å². The van der Waals surface area contributed by atoms with Crippen LogP contribution in [0.2, 0.25) is 0 Å². The third-order valence-corrected chi connectivity index (χ3v) is 3.64. The van der Waals surface area contributed by atoms with Gasteiger partial charge in [-0.2, -0.15) is 0 Å². The van der Waals surface area contributed by atoms with E-state index in [-0.39, 0.29) is 0 Å². The summed E-state index contributed by atoms with van der Waals surface area (Å²) in [5, 5.41) is 0. The molecule has 3 nitrogen and oxygen atoms in total. The van der Waals surface area contributed by atoms with E-state index in [1.807, 2.05) is 14.1 Å². The zero-order valence-corrected chi connectivity index (χ0v) is 12.8. The molecule has 0 aromatic heterocycles. The molecule has 0 bridgehead atoms. The number of amides is 1. The van der Waals surface area contributed by atoms with Gasteiger partial charge in [0.1, 0.15) is 0 Å². The minimum atomic E-state index is 0.331. The van der Waals surface area contributed by atoms with Gasteiger partial charge in [-0.15, -0.1) is 0 Å². The van der Waals surface area contributed by atoms with Gasteiger partial charge in [-0.05, 0) is 44.7 Å². The Balaban J connectivity index is 2.28. The van der Waals surface area contributed by atoms with Crippen molar-refractivity contribution in [3.8, 4) is 0 Å². The number of nitrogens with zero attached hydrogens (tertiary/aromatic N) is 2. The van der Waals surface area contributed by atoms with Crippen LogP contribution in [0, 0.1) is 11.3 Å². The summed E-state index contributed by atoms with van der Waals surface area (Å²) in [4.78, 5) is 16.1. The molecule has 1 aliphatic heterocycles. The van der Waals surface area contributed by atoms with Crippen LogP contribution in [-0.4, -0.2) is 49.4 Å². The van der Waals surface area contributed by atoms with Crippen LogP contribution in [0.1, 0.15) is 46.5 Å². The molecule has 0 radical (unpaired) electrons. The monoisotopic (exact) mass is 254 g/mol. The molecular weight excluding hydrogens is 224 g/mol. The highest BCUT2D eigenvalue weighted by atomic mass is 16.2. The van der Waals surface area contributed by atoms with E-state index in [4.69, 9.17) is 0 Å². The summed E-state index contributed by atoms with van der Waals surface area (Å²) in [7, 11) is 4.03. The summed E-state index contributed by atoms with van der Waals surface area (Å²) in [6.45, 7) is 9.71. The third-order valence-electron chi connectivity index (χ3n) is 3.64. The Bertz CT molecular complexity index is 260. The summed E-state index contributed by atoms with van der Waals surface area (Å²) in [6, 6.07) is 0. The molecule has 0 saturated carbocycles. The first kappa shape index (κ1) is 15.5. The molecule has 0 aromatic rings. The van der Waals surface area contributed by atoms with Crippen molar-refractivity contribution in [3.63, 3.8) is 0 Å². The molecule has 1 heterocycles. The number of carbonyl (C=O) groups excluding carboxylic acids is 1. The van der Waals surface area contributed by atoms with Crippen molar-refractivity contribution in [3.05, 3.63) is 0 Å². The lowest BCUT2D eigenvalue weighted by atomic mass is 9.80. The summed E-state index contributed by atoms with van der Waals surface area (Å²) < 4.78 is 0. The van der Waals surface area contributed by atoms with Gasteiger partial charge in [0.25, 0.3) is 0 Å². The smallest absolute Gasteiger partial charge is 0.223 e. The molecule has 0 aromatic carbocycles. The SMILES string of the molecule is CN(C)CCC(=O)N1CCC(CC(C)(C)C)CC1. The molecule has 0 unspecified atom stereocenters. The van der Waals surface area contributed by atoms with Crippen molar-refractivity contribution in [1.29, 1.82) is 0 Å². The third kappa shape index (κ3) is 5.85. The van der Waals surface area contributed by atoms with Crippen molar-refractivity contribution in [2.75, 3.05) is 33.7 Å². The van der Waals surface area contributed by atoms with Crippen LogP contribution >= 0.6 is 0 Å². The van der Waals surface area contributed by atoms with Gasteiger partial charge in [0.15, 0.2) is 0 Å². The van der Waals surface area contributed by atoms with E-state index in [1.165, 1.54) is 19.3 Å². The van der Waals surface area contributed by atoms with E-state index < -0.39 is 0 Å². The lowest BCUT2D eigenvalue weighted by molar-refractivity contribution is -0.132. The molecule has 106 valence electrons. The van der Waals surface area contributed by atoms with Crippen LogP contribution in [-0.2, 0) is 4.79 Å². The van der Waals surface area contributed by atoms with Gasteiger partial charge in [0, 0.05) is 26.1 Å². The van der Waals surface area contributed by atoms with Gasteiger partial charge in [-0.3, -0.25) is 4.79 Å². The van der Waals surface area contributed by atoms with Gasteiger partial charge in [0.2, 0.25) is 5.91 Å². The number of hydrogen-bond acceptors (Lipinski definition) is 2. The standard InChI is InChI=1S/C15H30N2O/c1-15(2,3)12-13-6-10-17(11-7-13)14(18)8-9-16(4)5/h13H,6-12H2,1-5H3. The largest absolute Gasteiger partial charge is 0.343 e. The second-order valence-corrected chi connectivity index (χ2v) is 7.14. The van der Waals surface area contributed by atoms with Crippen molar-refractivity contribution in [2.24, 2.45) is 11.3 Å². The maximum Gasteiger partial charge on any atom is 0.223 e. The van der Waals surface area contributed by atoms with Crippen LogP contribution in [0.15, 0.2) is 0 Å². The molecular formula is C15H30N2O. The second kappa shape index (κ2) is 6.55. The van der Waals surface area contributed by atoms with Crippen LogP contribution in [0.25, 0.3) is 0 Å². The highest BCUT2D eigenvalue weighted by Crippen LogP contribution is 2.30. The molecule has 0 atom stereocenters. The van der Waals surface area contributed by atoms with Gasteiger partial charge < -0.3 is 9.80 Å². The fraction of sp³-hybridized carbons (Fsp3) is 0.933. The average molecular weight is 254 g/mol. The summed E-state index contributed by atoms with van der Waals surface area (Å²) >= 11 is 0. The molecule has 1 fully saturated rings. The molecule has 1 aliphatic rings. The fourth-order valence-corrected chi connectivity index (χ4v) is 2.73. The summed E-state index contributed by atoms with van der Waals surface area (Å²) in [5.41, 5.74) is 0.418. The van der Waals surface area contributed by atoms with E-state index in [2.05, 4.69) is 30.6 Å². The average Bonchev–Trinajstić information content (AvgIpc) is 2.24. The minimum absolute atomic E-state index is 0.331. The Kier molecular flexibility index (Phi) is 5.64. The first-order chi connectivity index (χ1) is 8.28. The van der Waals surface area contributed by atoms with Gasteiger partial charge >= 0.3 is 0 Å². The molecule has 1 rings (SSSR count). The van der Waals surface area contributed by atoms with Gasteiger partial charge in [0.05, 0.1) is 0 Å². The number of likely N-dealkylation sites (tertiary alicyclic amines) is 1. The zero-order valence-electron chi connectivity index (χ0n) is 12.8. The Morgan fingerprint density at radius 2 is 1.78 bits per heavy atom. The normalized spacial score (nSPS) is 18.4. The van der Waals surface area contributed by atoms with E-state index in [1.54, 1.807) is 0 Å². The summed E-state index contributed by atoms with van der Waals surface area (Å²) in [5.74, 6) is 1.14. The molecule has 18 heavy (non-hydrogen) atoms. The van der Waals surface area contributed by atoms with Crippen molar-refractivity contribution < 1.29 is 4.79 Å². The van der Waals surface area contributed by atoms with E-state index in [0.717, 1.165) is 25.6 Å². The maximum absolute atomic E-state index is 12.0. The Labute approximate surface area is 113 Å². The van der Waals surface area contributed by atoms with Crippen LogP contribution in [0.4, 0.5) is 0 Å². The van der Waals surface area contributed by atoms with Gasteiger partial charge in [-0.1, -0.05) is 20.8 Å². The topological polar surface area (TPSA) is 23.6 Å². The molecule has 0 aliphatic carbocycles. The van der Waals surface area contributed by atoms with Crippen LogP contribution < -0.4 is 0 Å². The van der Waals surface area contributed by atoms with Gasteiger partial charge in [-0.25, -0.2) is 0 Å². The quantitative estimate of drug-likeness (QED) is 0.770. The highest BCUT2D eigenvalue weighted by Gasteiger charge is 2.25. The molecule has 0 N–H and O–H groups in total. The first-order valence-corrected chi connectivity index (χ1v) is 7.20. The lowest BCUT2D eigenvalue weighted by Crippen LogP contribution is -2.40. The Morgan fingerprint density at radius 3 is 2.22 bits per heavy atom. The second-order valence-electron chi connectivity index (χ2n) is 7.14.